The molecule has 0 atom stereocenters. The molecule has 0 N–H and O–H groups in total. The molecule has 1 aromatic carbocycles. The minimum absolute atomic E-state index is 0.129. The Balaban J connectivity index is 1.60. The Kier molecular flexibility index (Phi) is 5.93. The summed E-state index contributed by atoms with van der Waals surface area (Å²) in [5, 5.41) is 3.20. The Hall–Kier alpha value is -3.09. The maximum atomic E-state index is 13.3. The lowest BCUT2D eigenvalue weighted by Crippen LogP contribution is -2.30. The number of hydrogen-bond acceptors (Lipinski definition) is 5. The van der Waals surface area contributed by atoms with Crippen molar-refractivity contribution in [2.45, 2.75) is 13.1 Å². The highest BCUT2D eigenvalue weighted by Gasteiger charge is 2.20. The number of amides is 1. The van der Waals surface area contributed by atoms with Gasteiger partial charge in [-0.25, -0.2) is 4.98 Å². The van der Waals surface area contributed by atoms with Crippen molar-refractivity contribution in [1.29, 1.82) is 0 Å². The number of benzene rings is 1. The van der Waals surface area contributed by atoms with E-state index in [1.165, 1.54) is 11.3 Å². The van der Waals surface area contributed by atoms with Crippen LogP contribution in [0.3, 0.4) is 0 Å². The number of carbonyl (C=O) groups is 1. The van der Waals surface area contributed by atoms with E-state index in [0.29, 0.717) is 23.8 Å². The van der Waals surface area contributed by atoms with Crippen LogP contribution in [0.4, 0.5) is 0 Å². The van der Waals surface area contributed by atoms with E-state index >= 15 is 0 Å². The van der Waals surface area contributed by atoms with E-state index in [2.05, 4.69) is 15.0 Å². The van der Waals surface area contributed by atoms with Crippen molar-refractivity contribution in [3.63, 3.8) is 0 Å². The molecule has 0 unspecified atom stereocenters. The first-order valence-electron chi connectivity index (χ1n) is 8.97. The largest absolute Gasteiger partial charge is 0.329 e. The van der Waals surface area contributed by atoms with Crippen molar-refractivity contribution in [3.05, 3.63) is 101 Å². The second kappa shape index (κ2) is 8.94. The van der Waals surface area contributed by atoms with Gasteiger partial charge in [0.2, 0.25) is 0 Å². The summed E-state index contributed by atoms with van der Waals surface area (Å²) in [6.45, 7) is 0.902. The second-order valence-electron chi connectivity index (χ2n) is 6.43. The van der Waals surface area contributed by atoms with Gasteiger partial charge in [-0.15, -0.1) is 11.3 Å². The van der Waals surface area contributed by atoms with Gasteiger partial charge in [0.05, 0.1) is 0 Å². The van der Waals surface area contributed by atoms with Crippen LogP contribution in [0.25, 0.3) is 10.6 Å². The normalized spacial score (nSPS) is 10.7. The van der Waals surface area contributed by atoms with Gasteiger partial charge >= 0.3 is 0 Å². The number of hydrogen-bond donors (Lipinski definition) is 0. The molecule has 0 fully saturated rings. The molecule has 0 bridgehead atoms. The van der Waals surface area contributed by atoms with Gasteiger partial charge < -0.3 is 4.90 Å². The molecule has 1 amide bonds. The summed E-state index contributed by atoms with van der Waals surface area (Å²) in [5.74, 6) is -0.129. The van der Waals surface area contributed by atoms with E-state index in [1.807, 2.05) is 48.5 Å². The van der Waals surface area contributed by atoms with Crippen LogP contribution >= 0.6 is 22.9 Å². The average Bonchev–Trinajstić information content (AvgIpc) is 3.25. The van der Waals surface area contributed by atoms with E-state index in [1.54, 1.807) is 35.1 Å². The predicted molar refractivity (Wildman–Crippen MR) is 115 cm³/mol. The maximum Gasteiger partial charge on any atom is 0.273 e. The molecule has 0 aliphatic heterocycles. The fourth-order valence-electron chi connectivity index (χ4n) is 2.91. The molecular weight excluding hydrogens is 404 g/mol. The SMILES string of the molecule is O=C(c1csc(-c2cccc(Cl)c2)n1)N(Cc1ccncc1)Cc1cccnc1. The van der Waals surface area contributed by atoms with Gasteiger partial charge in [-0.2, -0.15) is 0 Å². The first-order chi connectivity index (χ1) is 14.2. The van der Waals surface area contributed by atoms with Crippen molar-refractivity contribution in [3.8, 4) is 10.6 Å². The van der Waals surface area contributed by atoms with E-state index in [0.717, 1.165) is 21.7 Å². The minimum Gasteiger partial charge on any atom is -0.329 e. The summed E-state index contributed by atoms with van der Waals surface area (Å²) < 4.78 is 0. The third-order valence-corrected chi connectivity index (χ3v) is 5.43. The van der Waals surface area contributed by atoms with Gasteiger partial charge in [-0.3, -0.25) is 14.8 Å². The molecule has 0 aliphatic rings. The molecule has 0 saturated heterocycles. The Morgan fingerprint density at radius 2 is 1.79 bits per heavy atom. The van der Waals surface area contributed by atoms with Crippen LogP contribution in [0.15, 0.2) is 78.7 Å². The number of thiazole rings is 1. The second-order valence-corrected chi connectivity index (χ2v) is 7.72. The standard InChI is InChI=1S/C22H17ClN4OS/c23-19-5-1-4-18(11-19)21-26-20(15-29-21)22(28)27(13-16-6-9-24-10-7-16)14-17-3-2-8-25-12-17/h1-12,15H,13-14H2. The Morgan fingerprint density at radius 3 is 2.55 bits per heavy atom. The minimum atomic E-state index is -0.129. The van der Waals surface area contributed by atoms with E-state index in [-0.39, 0.29) is 5.91 Å². The highest BCUT2D eigenvalue weighted by molar-refractivity contribution is 7.13. The fourth-order valence-corrected chi connectivity index (χ4v) is 3.89. The van der Waals surface area contributed by atoms with Crippen LogP contribution in [-0.4, -0.2) is 25.8 Å². The number of pyridine rings is 2. The first-order valence-corrected chi connectivity index (χ1v) is 10.2. The van der Waals surface area contributed by atoms with Gasteiger partial charge in [0.15, 0.2) is 0 Å². The van der Waals surface area contributed by atoms with Crippen LogP contribution in [0, 0.1) is 0 Å². The van der Waals surface area contributed by atoms with E-state index < -0.39 is 0 Å². The van der Waals surface area contributed by atoms with Gasteiger partial charge in [-0.05, 0) is 41.5 Å². The Labute approximate surface area is 177 Å². The predicted octanol–water partition coefficient (Wildman–Crippen LogP) is 5.10. The van der Waals surface area contributed by atoms with Gasteiger partial charge in [-0.1, -0.05) is 29.8 Å². The number of halogens is 1. The lowest BCUT2D eigenvalue weighted by Gasteiger charge is -2.22. The molecule has 4 rings (SSSR count). The van der Waals surface area contributed by atoms with Gasteiger partial charge in [0.25, 0.3) is 5.91 Å². The molecule has 144 valence electrons. The molecule has 7 heteroatoms. The van der Waals surface area contributed by atoms with Crippen molar-refractivity contribution in [2.24, 2.45) is 0 Å². The highest BCUT2D eigenvalue weighted by Crippen LogP contribution is 2.27. The van der Waals surface area contributed by atoms with E-state index in [4.69, 9.17) is 11.6 Å². The summed E-state index contributed by atoms with van der Waals surface area (Å²) in [5.41, 5.74) is 3.28. The molecule has 3 heterocycles. The number of nitrogens with zero attached hydrogens (tertiary/aromatic N) is 4. The fraction of sp³-hybridized carbons (Fsp3) is 0.0909. The molecule has 4 aromatic rings. The van der Waals surface area contributed by atoms with Crippen molar-refractivity contribution in [1.82, 2.24) is 19.9 Å². The van der Waals surface area contributed by atoms with Gasteiger partial charge in [0.1, 0.15) is 10.7 Å². The molecule has 3 aromatic heterocycles. The summed E-state index contributed by atoms with van der Waals surface area (Å²) in [6, 6.07) is 15.1. The third kappa shape index (κ3) is 4.85. The summed E-state index contributed by atoms with van der Waals surface area (Å²) >= 11 is 7.52. The Morgan fingerprint density at radius 1 is 0.966 bits per heavy atom. The van der Waals surface area contributed by atoms with Crippen molar-refractivity contribution in [2.75, 3.05) is 0 Å². The third-order valence-electron chi connectivity index (χ3n) is 4.30. The molecule has 0 aliphatic carbocycles. The number of rotatable bonds is 6. The lowest BCUT2D eigenvalue weighted by atomic mass is 10.2. The number of aromatic nitrogens is 3. The van der Waals surface area contributed by atoms with Crippen molar-refractivity contribution >= 4 is 28.8 Å². The molecule has 0 radical (unpaired) electrons. The van der Waals surface area contributed by atoms with Crippen LogP contribution in [-0.2, 0) is 13.1 Å². The molecule has 5 nitrogen and oxygen atoms in total. The van der Waals surface area contributed by atoms with Crippen molar-refractivity contribution < 1.29 is 4.79 Å². The molecule has 0 saturated carbocycles. The zero-order valence-corrected chi connectivity index (χ0v) is 17.0. The number of carbonyl (C=O) groups excluding carboxylic acids is 1. The van der Waals surface area contributed by atoms with Gasteiger partial charge in [0, 0.05) is 53.8 Å². The molecule has 0 spiro atoms. The molecular formula is C22H17ClN4OS. The van der Waals surface area contributed by atoms with Crippen LogP contribution in [0.2, 0.25) is 5.02 Å². The zero-order chi connectivity index (χ0) is 20.1. The van der Waals surface area contributed by atoms with Crippen LogP contribution in [0.1, 0.15) is 21.6 Å². The van der Waals surface area contributed by atoms with Crippen LogP contribution < -0.4 is 0 Å². The molecule has 29 heavy (non-hydrogen) atoms. The summed E-state index contributed by atoms with van der Waals surface area (Å²) in [7, 11) is 0. The average molecular weight is 421 g/mol. The maximum absolute atomic E-state index is 13.3. The topological polar surface area (TPSA) is 59.0 Å². The first kappa shape index (κ1) is 19.2. The highest BCUT2D eigenvalue weighted by atomic mass is 35.5. The monoisotopic (exact) mass is 420 g/mol. The quantitative estimate of drug-likeness (QED) is 0.435. The van der Waals surface area contributed by atoms with Crippen LogP contribution in [0.5, 0.6) is 0 Å². The summed E-state index contributed by atoms with van der Waals surface area (Å²) in [6.07, 6.45) is 6.94. The Bertz CT molecular complexity index is 1060. The zero-order valence-electron chi connectivity index (χ0n) is 15.4. The smallest absolute Gasteiger partial charge is 0.273 e. The summed E-state index contributed by atoms with van der Waals surface area (Å²) in [4.78, 5) is 27.8. The van der Waals surface area contributed by atoms with E-state index in [9.17, 15) is 4.79 Å². The lowest BCUT2D eigenvalue weighted by molar-refractivity contribution is 0.0724.